The number of benzene rings is 1. The average Bonchev–Trinajstić information content (AvgIpc) is 2.47. The quantitative estimate of drug-likeness (QED) is 0.917. The maximum absolute atomic E-state index is 6.04. The molecule has 3 rings (SSSR count). The Morgan fingerprint density at radius 2 is 2.00 bits per heavy atom. The van der Waals surface area contributed by atoms with Gasteiger partial charge in [-0.1, -0.05) is 32.0 Å². The molecule has 0 saturated heterocycles. The Morgan fingerprint density at radius 1 is 1.19 bits per heavy atom. The van der Waals surface area contributed by atoms with Crippen LogP contribution in [0, 0.1) is 17.3 Å². The topological polar surface area (TPSA) is 38.9 Å². The van der Waals surface area contributed by atoms with Crippen LogP contribution in [0.2, 0.25) is 0 Å². The van der Waals surface area contributed by atoms with Gasteiger partial charge in [0.15, 0.2) is 0 Å². The van der Waals surface area contributed by atoms with Crippen LogP contribution in [-0.4, -0.2) is 11.5 Å². The van der Waals surface area contributed by atoms with Crippen LogP contribution in [0.1, 0.15) is 38.7 Å². The third-order valence-electron chi connectivity index (χ3n) is 5.20. The van der Waals surface area contributed by atoms with Gasteiger partial charge < -0.3 is 5.73 Å². The third-order valence-corrected chi connectivity index (χ3v) is 5.20. The number of fused-ring (bicyclic) bond motifs is 1. The predicted molar refractivity (Wildman–Crippen MR) is 89.1 cm³/mol. The Kier molecular flexibility index (Phi) is 3.99. The molecule has 2 atom stereocenters. The molecule has 1 aliphatic carbocycles. The lowest BCUT2D eigenvalue weighted by molar-refractivity contribution is 0.122. The van der Waals surface area contributed by atoms with Gasteiger partial charge in [0, 0.05) is 11.6 Å². The monoisotopic (exact) mass is 282 g/mol. The van der Waals surface area contributed by atoms with Crippen molar-refractivity contribution in [2.75, 3.05) is 6.54 Å². The number of hydrogen-bond donors (Lipinski definition) is 1. The first kappa shape index (κ1) is 14.5. The smallest absolute Gasteiger partial charge is 0.0704 e. The van der Waals surface area contributed by atoms with Gasteiger partial charge in [0.25, 0.3) is 0 Å². The van der Waals surface area contributed by atoms with Crippen molar-refractivity contribution in [1.29, 1.82) is 0 Å². The van der Waals surface area contributed by atoms with Gasteiger partial charge in [0.05, 0.1) is 5.52 Å². The van der Waals surface area contributed by atoms with E-state index in [9.17, 15) is 0 Å². The van der Waals surface area contributed by atoms with E-state index in [0.717, 1.165) is 18.5 Å². The van der Waals surface area contributed by atoms with Gasteiger partial charge >= 0.3 is 0 Å². The van der Waals surface area contributed by atoms with E-state index in [-0.39, 0.29) is 0 Å². The molecule has 1 heterocycles. The van der Waals surface area contributed by atoms with Crippen molar-refractivity contribution in [3.8, 4) is 0 Å². The van der Waals surface area contributed by atoms with Crippen molar-refractivity contribution in [3.63, 3.8) is 0 Å². The highest BCUT2D eigenvalue weighted by Crippen LogP contribution is 2.43. The van der Waals surface area contributed by atoms with Crippen LogP contribution >= 0.6 is 0 Å². The number of aromatic nitrogens is 1. The van der Waals surface area contributed by atoms with Crippen molar-refractivity contribution in [1.82, 2.24) is 4.98 Å². The molecule has 0 amide bonds. The number of hydrogen-bond acceptors (Lipinski definition) is 2. The molecule has 2 unspecified atom stereocenters. The summed E-state index contributed by atoms with van der Waals surface area (Å²) in [6, 6.07) is 10.7. The third kappa shape index (κ3) is 3.11. The second kappa shape index (κ2) is 5.76. The summed E-state index contributed by atoms with van der Waals surface area (Å²) < 4.78 is 0. The first-order valence-corrected chi connectivity index (χ1v) is 8.12. The van der Waals surface area contributed by atoms with Gasteiger partial charge in [-0.25, -0.2) is 0 Å². The maximum atomic E-state index is 6.04. The van der Waals surface area contributed by atoms with E-state index in [2.05, 4.69) is 49.2 Å². The minimum absolute atomic E-state index is 0.458. The zero-order valence-electron chi connectivity index (χ0n) is 13.2. The SMILES string of the molecule is CC1(C)CCC(CN)C(Cc2ccnc3ccccc23)C1. The van der Waals surface area contributed by atoms with Gasteiger partial charge in [-0.3, -0.25) is 4.98 Å². The lowest BCUT2D eigenvalue weighted by Gasteiger charge is -2.40. The van der Waals surface area contributed by atoms with Crippen LogP contribution in [0.3, 0.4) is 0 Å². The molecule has 21 heavy (non-hydrogen) atoms. The van der Waals surface area contributed by atoms with E-state index in [1.54, 1.807) is 0 Å². The number of rotatable bonds is 3. The number of pyridine rings is 1. The Balaban J connectivity index is 1.89. The second-order valence-corrected chi connectivity index (χ2v) is 7.35. The lowest BCUT2D eigenvalue weighted by atomic mass is 9.65. The first-order chi connectivity index (χ1) is 10.1. The Bertz CT molecular complexity index is 612. The van der Waals surface area contributed by atoms with Crippen molar-refractivity contribution < 1.29 is 0 Å². The fourth-order valence-corrected chi connectivity index (χ4v) is 3.96. The van der Waals surface area contributed by atoms with Crippen molar-refractivity contribution >= 4 is 10.9 Å². The highest BCUT2D eigenvalue weighted by atomic mass is 14.6. The summed E-state index contributed by atoms with van der Waals surface area (Å²) in [7, 11) is 0. The van der Waals surface area contributed by atoms with Crippen molar-refractivity contribution in [2.24, 2.45) is 23.0 Å². The predicted octanol–water partition coefficient (Wildman–Crippen LogP) is 4.18. The van der Waals surface area contributed by atoms with E-state index < -0.39 is 0 Å². The molecule has 1 aliphatic rings. The molecule has 1 fully saturated rings. The molecule has 1 aromatic carbocycles. The summed E-state index contributed by atoms with van der Waals surface area (Å²) in [5, 5.41) is 1.30. The molecule has 1 aromatic heterocycles. The van der Waals surface area contributed by atoms with Gasteiger partial charge in [-0.2, -0.15) is 0 Å². The summed E-state index contributed by atoms with van der Waals surface area (Å²) in [4.78, 5) is 4.48. The van der Waals surface area contributed by atoms with Crippen LogP contribution in [0.15, 0.2) is 36.5 Å². The molecular weight excluding hydrogens is 256 g/mol. The summed E-state index contributed by atoms with van der Waals surface area (Å²) in [6.45, 7) is 5.62. The molecular formula is C19H26N2. The standard InChI is InChI=1S/C19H26N2/c1-19(2)9-7-15(13-20)16(12-19)11-14-8-10-21-18-6-4-3-5-17(14)18/h3-6,8,10,15-16H,7,9,11-13,20H2,1-2H3. The van der Waals surface area contributed by atoms with E-state index in [1.807, 2.05) is 6.20 Å². The Hall–Kier alpha value is -1.41. The molecule has 0 aliphatic heterocycles. The summed E-state index contributed by atoms with van der Waals surface area (Å²) >= 11 is 0. The van der Waals surface area contributed by atoms with E-state index in [4.69, 9.17) is 5.73 Å². The summed E-state index contributed by atoms with van der Waals surface area (Å²) in [6.07, 6.45) is 6.95. The van der Waals surface area contributed by atoms with Crippen molar-refractivity contribution in [2.45, 2.75) is 39.5 Å². The zero-order valence-corrected chi connectivity index (χ0v) is 13.2. The molecule has 2 N–H and O–H groups in total. The molecule has 2 aromatic rings. The first-order valence-electron chi connectivity index (χ1n) is 8.12. The highest BCUT2D eigenvalue weighted by molar-refractivity contribution is 5.81. The fraction of sp³-hybridized carbons (Fsp3) is 0.526. The fourth-order valence-electron chi connectivity index (χ4n) is 3.96. The molecule has 0 bridgehead atoms. The molecule has 0 spiro atoms. The van der Waals surface area contributed by atoms with Crippen LogP contribution in [0.4, 0.5) is 0 Å². The highest BCUT2D eigenvalue weighted by Gasteiger charge is 2.34. The Morgan fingerprint density at radius 3 is 2.81 bits per heavy atom. The zero-order chi connectivity index (χ0) is 14.9. The van der Waals surface area contributed by atoms with E-state index in [0.29, 0.717) is 17.3 Å². The molecule has 2 heteroatoms. The second-order valence-electron chi connectivity index (χ2n) is 7.35. The van der Waals surface area contributed by atoms with Gasteiger partial charge in [-0.05, 0) is 67.2 Å². The van der Waals surface area contributed by atoms with Crippen LogP contribution in [0.25, 0.3) is 10.9 Å². The van der Waals surface area contributed by atoms with E-state index >= 15 is 0 Å². The van der Waals surface area contributed by atoms with Gasteiger partial charge in [0.1, 0.15) is 0 Å². The largest absolute Gasteiger partial charge is 0.330 e. The van der Waals surface area contributed by atoms with Gasteiger partial charge in [-0.15, -0.1) is 0 Å². The normalized spacial score (nSPS) is 25.1. The average molecular weight is 282 g/mol. The minimum atomic E-state index is 0.458. The minimum Gasteiger partial charge on any atom is -0.330 e. The molecule has 0 radical (unpaired) electrons. The number of nitrogens with zero attached hydrogens (tertiary/aromatic N) is 1. The van der Waals surface area contributed by atoms with Gasteiger partial charge in [0.2, 0.25) is 0 Å². The van der Waals surface area contributed by atoms with Crippen LogP contribution < -0.4 is 5.73 Å². The maximum Gasteiger partial charge on any atom is 0.0704 e. The van der Waals surface area contributed by atoms with E-state index in [1.165, 1.54) is 30.2 Å². The van der Waals surface area contributed by atoms with Crippen LogP contribution in [-0.2, 0) is 6.42 Å². The van der Waals surface area contributed by atoms with Crippen molar-refractivity contribution in [3.05, 3.63) is 42.1 Å². The molecule has 1 saturated carbocycles. The molecule has 112 valence electrons. The molecule has 2 nitrogen and oxygen atoms in total. The van der Waals surface area contributed by atoms with Crippen LogP contribution in [0.5, 0.6) is 0 Å². The lowest BCUT2D eigenvalue weighted by Crippen LogP contribution is -2.35. The number of nitrogens with two attached hydrogens (primary N) is 1. The summed E-state index contributed by atoms with van der Waals surface area (Å²) in [5.41, 5.74) is 9.03. The Labute approximate surface area is 127 Å². The number of para-hydroxylation sites is 1. The summed E-state index contributed by atoms with van der Waals surface area (Å²) in [5.74, 6) is 1.37.